The standard InChI is InChI=1S/C9H15N3O.ClH/c1-3-4-5-10-9-11-7(2)6-8(13)12-9;/h6H,3-5H2,1-2H3,(H2,10,11,12,13);1H. The lowest BCUT2D eigenvalue weighted by Gasteiger charge is -2.03. The van der Waals surface area contributed by atoms with E-state index in [0.29, 0.717) is 5.95 Å². The van der Waals surface area contributed by atoms with E-state index >= 15 is 0 Å². The second kappa shape index (κ2) is 6.43. The van der Waals surface area contributed by atoms with Gasteiger partial charge in [0.2, 0.25) is 5.95 Å². The van der Waals surface area contributed by atoms with Crippen molar-refractivity contribution in [1.82, 2.24) is 9.97 Å². The summed E-state index contributed by atoms with van der Waals surface area (Å²) in [6.07, 6.45) is 2.21. The molecule has 0 bridgehead atoms. The number of unbranched alkanes of at least 4 members (excludes halogenated alkanes) is 1. The maximum atomic E-state index is 11.0. The van der Waals surface area contributed by atoms with Gasteiger partial charge >= 0.3 is 0 Å². The SMILES string of the molecule is CCCCNc1nc(C)cc(=O)[nH]1.Cl. The molecule has 0 atom stereocenters. The van der Waals surface area contributed by atoms with Crippen LogP contribution in [0.3, 0.4) is 0 Å². The van der Waals surface area contributed by atoms with Gasteiger partial charge in [0.25, 0.3) is 5.56 Å². The summed E-state index contributed by atoms with van der Waals surface area (Å²) in [5.41, 5.74) is 0.634. The third kappa shape index (κ3) is 4.28. The first-order valence-electron chi connectivity index (χ1n) is 4.54. The molecule has 0 aliphatic rings. The smallest absolute Gasteiger partial charge is 0.252 e. The predicted molar refractivity (Wildman–Crippen MR) is 60.2 cm³/mol. The number of aryl methyl sites for hydroxylation is 1. The summed E-state index contributed by atoms with van der Waals surface area (Å²) >= 11 is 0. The first-order chi connectivity index (χ1) is 6.22. The molecule has 0 saturated heterocycles. The van der Waals surface area contributed by atoms with Crippen molar-refractivity contribution in [3.8, 4) is 0 Å². The van der Waals surface area contributed by atoms with Crippen LogP contribution >= 0.6 is 12.4 Å². The number of nitrogens with one attached hydrogen (secondary N) is 2. The number of halogens is 1. The molecule has 1 rings (SSSR count). The third-order valence-corrected chi connectivity index (χ3v) is 1.69. The van der Waals surface area contributed by atoms with Crippen molar-refractivity contribution in [2.24, 2.45) is 0 Å². The molecule has 1 aromatic heterocycles. The minimum atomic E-state index is -0.105. The van der Waals surface area contributed by atoms with Crippen molar-refractivity contribution in [3.05, 3.63) is 22.1 Å². The van der Waals surface area contributed by atoms with Gasteiger partial charge in [-0.2, -0.15) is 0 Å². The molecule has 80 valence electrons. The summed E-state index contributed by atoms with van der Waals surface area (Å²) < 4.78 is 0. The van der Waals surface area contributed by atoms with Crippen molar-refractivity contribution in [3.63, 3.8) is 0 Å². The average molecular weight is 218 g/mol. The molecule has 0 fully saturated rings. The molecule has 2 N–H and O–H groups in total. The zero-order valence-corrected chi connectivity index (χ0v) is 9.28. The van der Waals surface area contributed by atoms with E-state index in [1.54, 1.807) is 6.92 Å². The summed E-state index contributed by atoms with van der Waals surface area (Å²) in [5.74, 6) is 0.568. The molecule has 0 amide bonds. The van der Waals surface area contributed by atoms with Crippen LogP contribution in [0.4, 0.5) is 5.95 Å². The van der Waals surface area contributed by atoms with E-state index in [0.717, 1.165) is 25.1 Å². The maximum Gasteiger partial charge on any atom is 0.252 e. The fourth-order valence-corrected chi connectivity index (χ4v) is 1.05. The maximum absolute atomic E-state index is 11.0. The Morgan fingerprint density at radius 1 is 1.57 bits per heavy atom. The second-order valence-corrected chi connectivity index (χ2v) is 3.02. The van der Waals surface area contributed by atoms with Gasteiger partial charge in [0.05, 0.1) is 0 Å². The fraction of sp³-hybridized carbons (Fsp3) is 0.556. The molecule has 0 aromatic carbocycles. The van der Waals surface area contributed by atoms with Crippen LogP contribution in [0.15, 0.2) is 10.9 Å². The number of anilines is 1. The highest BCUT2D eigenvalue weighted by atomic mass is 35.5. The Hall–Kier alpha value is -1.03. The lowest BCUT2D eigenvalue weighted by Crippen LogP contribution is -2.13. The molecule has 0 spiro atoms. The Kier molecular flexibility index (Phi) is 5.95. The molecule has 0 aliphatic carbocycles. The lowest BCUT2D eigenvalue weighted by molar-refractivity contribution is 0.824. The van der Waals surface area contributed by atoms with Gasteiger partial charge in [-0.25, -0.2) is 4.98 Å². The van der Waals surface area contributed by atoms with E-state index in [4.69, 9.17) is 0 Å². The van der Waals surface area contributed by atoms with E-state index < -0.39 is 0 Å². The largest absolute Gasteiger partial charge is 0.356 e. The van der Waals surface area contributed by atoms with Crippen LogP contribution in [0.1, 0.15) is 25.5 Å². The molecule has 14 heavy (non-hydrogen) atoms. The highest BCUT2D eigenvalue weighted by molar-refractivity contribution is 5.85. The summed E-state index contributed by atoms with van der Waals surface area (Å²) in [5, 5.41) is 3.06. The average Bonchev–Trinajstić information content (AvgIpc) is 2.03. The number of H-pyrrole nitrogens is 1. The van der Waals surface area contributed by atoms with E-state index in [9.17, 15) is 4.79 Å². The number of aromatic nitrogens is 2. The highest BCUT2D eigenvalue weighted by Crippen LogP contribution is 1.96. The van der Waals surface area contributed by atoms with Gasteiger partial charge in [-0.1, -0.05) is 13.3 Å². The molecule has 0 aliphatic heterocycles. The van der Waals surface area contributed by atoms with Gasteiger partial charge in [-0.15, -0.1) is 12.4 Å². The number of nitrogens with zero attached hydrogens (tertiary/aromatic N) is 1. The van der Waals surface area contributed by atoms with Crippen LogP contribution in [-0.4, -0.2) is 16.5 Å². The minimum Gasteiger partial charge on any atom is -0.356 e. The fourth-order valence-electron chi connectivity index (χ4n) is 1.05. The van der Waals surface area contributed by atoms with Gasteiger partial charge in [-0.3, -0.25) is 9.78 Å². The van der Waals surface area contributed by atoms with Crippen LogP contribution in [0.25, 0.3) is 0 Å². The molecule has 5 heteroatoms. The zero-order chi connectivity index (χ0) is 9.68. The first-order valence-corrected chi connectivity index (χ1v) is 4.54. The highest BCUT2D eigenvalue weighted by Gasteiger charge is 1.95. The summed E-state index contributed by atoms with van der Waals surface area (Å²) in [7, 11) is 0. The molecular formula is C9H16ClN3O. The molecule has 1 heterocycles. The molecule has 1 aromatic rings. The quantitative estimate of drug-likeness (QED) is 0.755. The Bertz CT molecular complexity index is 324. The van der Waals surface area contributed by atoms with Gasteiger partial charge in [0, 0.05) is 18.3 Å². The van der Waals surface area contributed by atoms with Crippen LogP contribution in [-0.2, 0) is 0 Å². The van der Waals surface area contributed by atoms with Crippen LogP contribution in [0, 0.1) is 6.92 Å². The summed E-state index contributed by atoms with van der Waals surface area (Å²) in [6.45, 7) is 4.78. The van der Waals surface area contributed by atoms with Gasteiger partial charge in [-0.05, 0) is 13.3 Å². The number of aromatic amines is 1. The predicted octanol–water partition coefficient (Wildman–Crippen LogP) is 1.71. The van der Waals surface area contributed by atoms with E-state index in [1.807, 2.05) is 0 Å². The van der Waals surface area contributed by atoms with Crippen LogP contribution in [0.5, 0.6) is 0 Å². The first kappa shape index (κ1) is 13.0. The molecule has 0 unspecified atom stereocenters. The Labute approximate surface area is 89.6 Å². The normalized spacial score (nSPS) is 9.29. The van der Waals surface area contributed by atoms with Gasteiger partial charge in [0.1, 0.15) is 0 Å². The molecule has 0 radical (unpaired) electrons. The van der Waals surface area contributed by atoms with Crippen molar-refractivity contribution in [1.29, 1.82) is 0 Å². The van der Waals surface area contributed by atoms with Crippen LogP contribution in [0.2, 0.25) is 0 Å². The number of hydrogen-bond donors (Lipinski definition) is 2. The van der Waals surface area contributed by atoms with E-state index in [2.05, 4.69) is 22.2 Å². The van der Waals surface area contributed by atoms with Crippen molar-refractivity contribution in [2.45, 2.75) is 26.7 Å². The van der Waals surface area contributed by atoms with Crippen molar-refractivity contribution in [2.75, 3.05) is 11.9 Å². The topological polar surface area (TPSA) is 57.8 Å². The Balaban J connectivity index is 0.00000169. The second-order valence-electron chi connectivity index (χ2n) is 3.02. The van der Waals surface area contributed by atoms with Crippen molar-refractivity contribution < 1.29 is 0 Å². The summed E-state index contributed by atoms with van der Waals surface area (Å²) in [4.78, 5) is 17.8. The third-order valence-electron chi connectivity index (χ3n) is 1.69. The van der Waals surface area contributed by atoms with Crippen LogP contribution < -0.4 is 10.9 Å². The van der Waals surface area contributed by atoms with Gasteiger partial charge in [0.15, 0.2) is 0 Å². The van der Waals surface area contributed by atoms with Crippen molar-refractivity contribution >= 4 is 18.4 Å². The molecular weight excluding hydrogens is 202 g/mol. The lowest BCUT2D eigenvalue weighted by atomic mass is 10.3. The number of hydrogen-bond acceptors (Lipinski definition) is 3. The van der Waals surface area contributed by atoms with E-state index in [1.165, 1.54) is 6.07 Å². The monoisotopic (exact) mass is 217 g/mol. The van der Waals surface area contributed by atoms with Gasteiger partial charge < -0.3 is 5.32 Å². The number of rotatable bonds is 4. The van der Waals surface area contributed by atoms with E-state index in [-0.39, 0.29) is 18.0 Å². The minimum absolute atomic E-state index is 0. The Morgan fingerprint density at radius 3 is 2.86 bits per heavy atom. The summed E-state index contributed by atoms with van der Waals surface area (Å²) in [6, 6.07) is 1.48. The molecule has 4 nitrogen and oxygen atoms in total. The Morgan fingerprint density at radius 2 is 2.29 bits per heavy atom. The molecule has 0 saturated carbocycles. The zero-order valence-electron chi connectivity index (χ0n) is 8.46.